The number of rotatable bonds is 4. The molecule has 1 fully saturated rings. The third-order valence-corrected chi connectivity index (χ3v) is 3.60. The molecule has 1 aliphatic rings. The van der Waals surface area contributed by atoms with Crippen molar-refractivity contribution >= 4 is 5.97 Å². The molecule has 0 spiro atoms. The number of aromatic hydroxyl groups is 1. The molecule has 0 bridgehead atoms. The zero-order chi connectivity index (χ0) is 14.5. The van der Waals surface area contributed by atoms with Gasteiger partial charge in [-0.1, -0.05) is 13.0 Å². The van der Waals surface area contributed by atoms with Crippen molar-refractivity contribution in [3.8, 4) is 11.5 Å². The first-order valence-electron chi connectivity index (χ1n) is 7.08. The molecule has 0 radical (unpaired) electrons. The molecular formula is C15H22N2O3. The maximum Gasteiger partial charge on any atom is 0.308 e. The minimum atomic E-state index is -0.429. The number of carbonyl (C=O) groups is 1. The molecule has 110 valence electrons. The highest BCUT2D eigenvalue weighted by molar-refractivity contribution is 5.70. The normalized spacial score (nSPS) is 17.7. The van der Waals surface area contributed by atoms with Crippen LogP contribution in [0.1, 0.15) is 31.9 Å². The Balaban J connectivity index is 2.17. The fourth-order valence-corrected chi connectivity index (χ4v) is 2.68. The van der Waals surface area contributed by atoms with Crippen LogP contribution in [0.5, 0.6) is 11.5 Å². The molecule has 2 N–H and O–H groups in total. The van der Waals surface area contributed by atoms with Crippen molar-refractivity contribution in [2.45, 2.75) is 26.3 Å². The molecule has 2 rings (SSSR count). The van der Waals surface area contributed by atoms with Gasteiger partial charge in [-0.2, -0.15) is 0 Å². The van der Waals surface area contributed by atoms with Crippen molar-refractivity contribution in [1.82, 2.24) is 10.2 Å². The van der Waals surface area contributed by atoms with Crippen LogP contribution >= 0.6 is 0 Å². The predicted molar refractivity (Wildman–Crippen MR) is 76.9 cm³/mol. The van der Waals surface area contributed by atoms with Crippen LogP contribution in [0.25, 0.3) is 0 Å². The second-order valence-corrected chi connectivity index (χ2v) is 5.03. The number of nitrogens with one attached hydrogen (secondary N) is 1. The topological polar surface area (TPSA) is 61.8 Å². The summed E-state index contributed by atoms with van der Waals surface area (Å²) in [5.41, 5.74) is 1.06. The van der Waals surface area contributed by atoms with Gasteiger partial charge in [-0.05, 0) is 24.1 Å². The molecule has 5 heteroatoms. The lowest BCUT2D eigenvalue weighted by molar-refractivity contribution is -0.132. The summed E-state index contributed by atoms with van der Waals surface area (Å²) in [6.07, 6.45) is 0.979. The molecule has 5 nitrogen and oxygen atoms in total. The monoisotopic (exact) mass is 278 g/mol. The smallest absolute Gasteiger partial charge is 0.308 e. The third-order valence-electron chi connectivity index (χ3n) is 3.60. The van der Waals surface area contributed by atoms with Crippen molar-refractivity contribution < 1.29 is 14.6 Å². The van der Waals surface area contributed by atoms with E-state index in [1.54, 1.807) is 12.1 Å². The van der Waals surface area contributed by atoms with E-state index >= 15 is 0 Å². The van der Waals surface area contributed by atoms with Gasteiger partial charge in [0.1, 0.15) is 0 Å². The summed E-state index contributed by atoms with van der Waals surface area (Å²) in [6, 6.07) is 5.58. The van der Waals surface area contributed by atoms with Gasteiger partial charge in [-0.25, -0.2) is 0 Å². The van der Waals surface area contributed by atoms with Gasteiger partial charge in [0.15, 0.2) is 11.5 Å². The van der Waals surface area contributed by atoms with Crippen LogP contribution in [-0.2, 0) is 4.79 Å². The molecule has 20 heavy (non-hydrogen) atoms. The summed E-state index contributed by atoms with van der Waals surface area (Å²) in [5, 5.41) is 13.3. The Hall–Kier alpha value is -1.59. The van der Waals surface area contributed by atoms with Gasteiger partial charge in [0.2, 0.25) is 0 Å². The Labute approximate surface area is 119 Å². The highest BCUT2D eigenvalue weighted by Gasteiger charge is 2.21. The highest BCUT2D eigenvalue weighted by Crippen LogP contribution is 2.32. The standard InChI is InChI=1S/C15H22N2O3/c1-3-13(17-8-6-16-7-9-17)12-4-5-15(14(19)10-12)20-11(2)18/h4-5,10,13,16,19H,3,6-9H2,1-2H3/t13-/m1/s1. The summed E-state index contributed by atoms with van der Waals surface area (Å²) in [7, 11) is 0. The molecule has 1 atom stereocenters. The van der Waals surface area contributed by atoms with Crippen LogP contribution in [0.2, 0.25) is 0 Å². The van der Waals surface area contributed by atoms with Gasteiger partial charge >= 0.3 is 5.97 Å². The van der Waals surface area contributed by atoms with E-state index in [-0.39, 0.29) is 17.5 Å². The lowest BCUT2D eigenvalue weighted by Gasteiger charge is -2.34. The van der Waals surface area contributed by atoms with E-state index in [0.717, 1.165) is 38.2 Å². The second-order valence-electron chi connectivity index (χ2n) is 5.03. The highest BCUT2D eigenvalue weighted by atomic mass is 16.5. The summed E-state index contributed by atoms with van der Waals surface area (Å²) in [5.74, 6) is -0.190. The minimum Gasteiger partial charge on any atom is -0.504 e. The van der Waals surface area contributed by atoms with Crippen molar-refractivity contribution in [2.24, 2.45) is 0 Å². The number of hydrogen-bond acceptors (Lipinski definition) is 5. The first-order chi connectivity index (χ1) is 9.61. The molecule has 0 aliphatic carbocycles. The average Bonchev–Trinajstić information content (AvgIpc) is 2.43. The summed E-state index contributed by atoms with van der Waals surface area (Å²) >= 11 is 0. The van der Waals surface area contributed by atoms with Crippen molar-refractivity contribution in [2.75, 3.05) is 26.2 Å². The van der Waals surface area contributed by atoms with Crippen LogP contribution < -0.4 is 10.1 Å². The van der Waals surface area contributed by atoms with E-state index in [1.165, 1.54) is 6.92 Å². The predicted octanol–water partition coefficient (Wildman–Crippen LogP) is 1.67. The number of esters is 1. The zero-order valence-electron chi connectivity index (χ0n) is 12.1. The van der Waals surface area contributed by atoms with Gasteiger partial charge in [-0.15, -0.1) is 0 Å². The lowest BCUT2D eigenvalue weighted by Crippen LogP contribution is -2.45. The largest absolute Gasteiger partial charge is 0.504 e. The van der Waals surface area contributed by atoms with Gasteiger partial charge in [0.25, 0.3) is 0 Å². The molecule has 0 saturated carbocycles. The van der Waals surface area contributed by atoms with E-state index < -0.39 is 5.97 Å². The van der Waals surface area contributed by atoms with Gasteiger partial charge in [0.05, 0.1) is 0 Å². The van der Waals surface area contributed by atoms with E-state index in [0.29, 0.717) is 0 Å². The van der Waals surface area contributed by atoms with Gasteiger partial charge in [0, 0.05) is 39.1 Å². The molecule has 1 heterocycles. The van der Waals surface area contributed by atoms with Crippen LogP contribution in [-0.4, -0.2) is 42.2 Å². The zero-order valence-corrected chi connectivity index (χ0v) is 12.1. The number of carbonyl (C=O) groups excluding carboxylic acids is 1. The van der Waals surface area contributed by atoms with Crippen molar-refractivity contribution in [3.05, 3.63) is 23.8 Å². The molecule has 0 aromatic heterocycles. The van der Waals surface area contributed by atoms with Crippen LogP contribution in [0.4, 0.5) is 0 Å². The maximum absolute atomic E-state index is 10.9. The Morgan fingerprint density at radius 2 is 2.15 bits per heavy atom. The molecule has 1 aromatic rings. The van der Waals surface area contributed by atoms with Crippen molar-refractivity contribution in [1.29, 1.82) is 0 Å². The molecule has 0 unspecified atom stereocenters. The SMILES string of the molecule is CC[C@H](c1ccc(OC(C)=O)c(O)c1)N1CCNCC1. The third kappa shape index (κ3) is 3.49. The molecule has 1 aromatic carbocycles. The first-order valence-corrected chi connectivity index (χ1v) is 7.08. The molecule has 0 amide bonds. The second kappa shape index (κ2) is 6.72. The lowest BCUT2D eigenvalue weighted by atomic mass is 10.0. The van der Waals surface area contributed by atoms with Crippen LogP contribution in [0.15, 0.2) is 18.2 Å². The van der Waals surface area contributed by atoms with E-state index in [1.807, 2.05) is 6.07 Å². The fourth-order valence-electron chi connectivity index (χ4n) is 2.68. The molecule has 1 saturated heterocycles. The Morgan fingerprint density at radius 3 is 2.70 bits per heavy atom. The Kier molecular flexibility index (Phi) is 4.98. The minimum absolute atomic E-state index is 0.0197. The molecular weight excluding hydrogens is 256 g/mol. The Bertz CT molecular complexity index is 470. The quantitative estimate of drug-likeness (QED) is 0.648. The summed E-state index contributed by atoms with van der Waals surface area (Å²) < 4.78 is 4.95. The number of ether oxygens (including phenoxy) is 1. The van der Waals surface area contributed by atoms with Crippen molar-refractivity contribution in [3.63, 3.8) is 0 Å². The number of piperazine rings is 1. The van der Waals surface area contributed by atoms with Crippen LogP contribution in [0, 0.1) is 0 Å². The van der Waals surface area contributed by atoms with Gasteiger partial charge < -0.3 is 15.2 Å². The molecule has 1 aliphatic heterocycles. The number of nitrogens with zero attached hydrogens (tertiary/aromatic N) is 1. The Morgan fingerprint density at radius 1 is 1.45 bits per heavy atom. The number of phenolic OH excluding ortho intramolecular Hbond substituents is 1. The van der Waals surface area contributed by atoms with E-state index in [2.05, 4.69) is 17.1 Å². The van der Waals surface area contributed by atoms with E-state index in [4.69, 9.17) is 4.74 Å². The van der Waals surface area contributed by atoms with E-state index in [9.17, 15) is 9.90 Å². The maximum atomic E-state index is 10.9. The fraction of sp³-hybridized carbons (Fsp3) is 0.533. The summed E-state index contributed by atoms with van der Waals surface area (Å²) in [4.78, 5) is 13.4. The first kappa shape index (κ1) is 14.8. The average molecular weight is 278 g/mol. The van der Waals surface area contributed by atoms with Crippen LogP contribution in [0.3, 0.4) is 0 Å². The van der Waals surface area contributed by atoms with Gasteiger partial charge in [-0.3, -0.25) is 9.69 Å². The number of hydrogen-bond donors (Lipinski definition) is 2. The number of phenols is 1. The number of benzene rings is 1. The summed E-state index contributed by atoms with van der Waals surface area (Å²) in [6.45, 7) is 7.46.